The molecule has 1 saturated heterocycles. The molecule has 0 saturated carbocycles. The van der Waals surface area contributed by atoms with Crippen molar-refractivity contribution in [2.24, 2.45) is 0 Å². The molecule has 0 bridgehead atoms. The number of rotatable bonds is 5. The van der Waals surface area contributed by atoms with E-state index in [0.717, 1.165) is 23.4 Å². The Balaban J connectivity index is 1.48. The van der Waals surface area contributed by atoms with Crippen LogP contribution < -0.4 is 9.64 Å². The quantitative estimate of drug-likeness (QED) is 0.603. The van der Waals surface area contributed by atoms with Crippen LogP contribution in [0.4, 0.5) is 18.9 Å². The Labute approximate surface area is 170 Å². The average Bonchev–Trinajstić information content (AvgIpc) is 3.35. The Morgan fingerprint density at radius 3 is 2.47 bits per heavy atom. The Kier molecular flexibility index (Phi) is 5.19. The molecular formula is C21H18F3N3O3. The first-order valence-electron chi connectivity index (χ1n) is 9.39. The summed E-state index contributed by atoms with van der Waals surface area (Å²) in [4.78, 5) is 18.3. The topological polar surface area (TPSA) is 68.5 Å². The average molecular weight is 417 g/mol. The molecule has 1 aliphatic rings. The van der Waals surface area contributed by atoms with Crippen LogP contribution in [-0.4, -0.2) is 29.2 Å². The van der Waals surface area contributed by atoms with E-state index >= 15 is 0 Å². The van der Waals surface area contributed by atoms with E-state index in [4.69, 9.17) is 9.26 Å². The maximum atomic E-state index is 12.7. The lowest BCUT2D eigenvalue weighted by molar-refractivity contribution is -0.137. The van der Waals surface area contributed by atoms with Crippen molar-refractivity contribution in [1.29, 1.82) is 0 Å². The van der Waals surface area contributed by atoms with Gasteiger partial charge in [0.25, 0.3) is 0 Å². The van der Waals surface area contributed by atoms with Gasteiger partial charge in [0.05, 0.1) is 18.1 Å². The summed E-state index contributed by atoms with van der Waals surface area (Å²) in [5.41, 5.74) is 0.394. The van der Waals surface area contributed by atoms with E-state index in [1.807, 2.05) is 19.1 Å². The molecule has 4 rings (SSSR count). The van der Waals surface area contributed by atoms with Crippen LogP contribution >= 0.6 is 0 Å². The molecule has 6 nitrogen and oxygen atoms in total. The molecule has 1 amide bonds. The largest absolute Gasteiger partial charge is 0.494 e. The van der Waals surface area contributed by atoms with E-state index in [1.165, 1.54) is 17.0 Å². The predicted molar refractivity (Wildman–Crippen MR) is 102 cm³/mol. The molecule has 0 spiro atoms. The summed E-state index contributed by atoms with van der Waals surface area (Å²) in [5.74, 6) is 0.915. The number of carbonyl (C=O) groups excluding carboxylic acids is 1. The van der Waals surface area contributed by atoms with E-state index in [2.05, 4.69) is 10.1 Å². The highest BCUT2D eigenvalue weighted by Crippen LogP contribution is 2.34. The SMILES string of the molecule is CCOc1ccc(-c2noc(C3CC(=O)N(c4ccc(C(F)(F)F)cc4)C3)n2)cc1. The van der Waals surface area contributed by atoms with Crippen LogP contribution in [0.15, 0.2) is 53.1 Å². The number of alkyl halides is 3. The Hall–Kier alpha value is -3.36. The van der Waals surface area contributed by atoms with Gasteiger partial charge in [0.15, 0.2) is 0 Å². The zero-order chi connectivity index (χ0) is 21.3. The van der Waals surface area contributed by atoms with Gasteiger partial charge in [-0.05, 0) is 55.5 Å². The Bertz CT molecular complexity index is 1030. The van der Waals surface area contributed by atoms with Crippen LogP contribution in [0.3, 0.4) is 0 Å². The Morgan fingerprint density at radius 1 is 1.13 bits per heavy atom. The zero-order valence-corrected chi connectivity index (χ0v) is 16.0. The van der Waals surface area contributed by atoms with E-state index < -0.39 is 11.7 Å². The molecule has 9 heteroatoms. The van der Waals surface area contributed by atoms with Gasteiger partial charge in [-0.2, -0.15) is 18.2 Å². The van der Waals surface area contributed by atoms with E-state index in [1.54, 1.807) is 12.1 Å². The second-order valence-electron chi connectivity index (χ2n) is 6.86. The molecule has 0 N–H and O–H groups in total. The van der Waals surface area contributed by atoms with Crippen molar-refractivity contribution < 1.29 is 27.2 Å². The van der Waals surface area contributed by atoms with Crippen molar-refractivity contribution in [3.8, 4) is 17.1 Å². The highest BCUT2D eigenvalue weighted by atomic mass is 19.4. The third-order valence-corrected chi connectivity index (χ3v) is 4.85. The molecule has 3 aromatic rings. The van der Waals surface area contributed by atoms with Gasteiger partial charge < -0.3 is 14.2 Å². The number of nitrogens with zero attached hydrogens (tertiary/aromatic N) is 3. The van der Waals surface area contributed by atoms with Gasteiger partial charge in [-0.25, -0.2) is 0 Å². The van der Waals surface area contributed by atoms with Gasteiger partial charge in [0.1, 0.15) is 5.75 Å². The van der Waals surface area contributed by atoms with Gasteiger partial charge in [-0.15, -0.1) is 0 Å². The molecule has 1 aromatic heterocycles. The third kappa shape index (κ3) is 4.00. The van der Waals surface area contributed by atoms with Crippen LogP contribution in [0.1, 0.15) is 30.7 Å². The number of halogens is 3. The predicted octanol–water partition coefficient (Wildman–Crippen LogP) is 4.67. The van der Waals surface area contributed by atoms with Crippen LogP contribution in [0.2, 0.25) is 0 Å². The van der Waals surface area contributed by atoms with E-state index in [0.29, 0.717) is 24.0 Å². The van der Waals surface area contributed by atoms with Gasteiger partial charge in [0.2, 0.25) is 17.6 Å². The van der Waals surface area contributed by atoms with Crippen molar-refractivity contribution in [3.63, 3.8) is 0 Å². The number of aromatic nitrogens is 2. The van der Waals surface area contributed by atoms with E-state index in [-0.39, 0.29) is 24.8 Å². The van der Waals surface area contributed by atoms with Crippen molar-refractivity contribution in [3.05, 3.63) is 60.0 Å². The lowest BCUT2D eigenvalue weighted by Crippen LogP contribution is -2.24. The van der Waals surface area contributed by atoms with Crippen LogP contribution in [-0.2, 0) is 11.0 Å². The van der Waals surface area contributed by atoms with Crippen LogP contribution in [0, 0.1) is 0 Å². The monoisotopic (exact) mass is 417 g/mol. The number of benzene rings is 2. The van der Waals surface area contributed by atoms with Crippen molar-refractivity contribution in [2.45, 2.75) is 25.4 Å². The molecule has 1 unspecified atom stereocenters. The fourth-order valence-electron chi connectivity index (χ4n) is 3.34. The third-order valence-electron chi connectivity index (χ3n) is 4.85. The highest BCUT2D eigenvalue weighted by molar-refractivity contribution is 5.96. The molecule has 2 heterocycles. The fraction of sp³-hybridized carbons (Fsp3) is 0.286. The molecular weight excluding hydrogens is 399 g/mol. The van der Waals surface area contributed by atoms with Gasteiger partial charge in [-0.1, -0.05) is 5.16 Å². The molecule has 0 aliphatic carbocycles. The number of ether oxygens (including phenoxy) is 1. The lowest BCUT2D eigenvalue weighted by Gasteiger charge is -2.17. The standard InChI is InChI=1S/C21H18F3N3O3/c1-2-29-17-9-3-13(4-10-17)19-25-20(30-26-19)14-11-18(28)27(12-14)16-7-5-15(6-8-16)21(22,23)24/h3-10,14H,2,11-12H2,1H3. The zero-order valence-electron chi connectivity index (χ0n) is 16.0. The summed E-state index contributed by atoms with van der Waals surface area (Å²) in [6, 6.07) is 11.8. The molecule has 1 fully saturated rings. The minimum absolute atomic E-state index is 0.145. The van der Waals surface area contributed by atoms with Crippen LogP contribution in [0.5, 0.6) is 5.75 Å². The highest BCUT2D eigenvalue weighted by Gasteiger charge is 2.36. The van der Waals surface area contributed by atoms with Crippen molar-refractivity contribution in [1.82, 2.24) is 10.1 Å². The number of hydrogen-bond acceptors (Lipinski definition) is 5. The van der Waals surface area contributed by atoms with E-state index in [9.17, 15) is 18.0 Å². The first-order chi connectivity index (χ1) is 14.3. The smallest absolute Gasteiger partial charge is 0.416 e. The minimum Gasteiger partial charge on any atom is -0.494 e. The summed E-state index contributed by atoms with van der Waals surface area (Å²) >= 11 is 0. The molecule has 1 aliphatic heterocycles. The second kappa shape index (κ2) is 7.81. The second-order valence-corrected chi connectivity index (χ2v) is 6.86. The molecule has 2 aromatic carbocycles. The number of amides is 1. The van der Waals surface area contributed by atoms with Crippen LogP contribution in [0.25, 0.3) is 11.4 Å². The molecule has 0 radical (unpaired) electrons. The molecule has 156 valence electrons. The summed E-state index contributed by atoms with van der Waals surface area (Å²) in [5, 5.41) is 3.99. The first-order valence-corrected chi connectivity index (χ1v) is 9.39. The molecule has 30 heavy (non-hydrogen) atoms. The minimum atomic E-state index is -4.42. The Morgan fingerprint density at radius 2 is 1.83 bits per heavy atom. The maximum Gasteiger partial charge on any atom is 0.416 e. The molecule has 1 atom stereocenters. The summed E-state index contributed by atoms with van der Waals surface area (Å²) in [6.07, 6.45) is -4.27. The van der Waals surface area contributed by atoms with Gasteiger partial charge in [0, 0.05) is 24.2 Å². The normalized spacial score (nSPS) is 16.9. The van der Waals surface area contributed by atoms with Gasteiger partial charge in [-0.3, -0.25) is 4.79 Å². The maximum absolute atomic E-state index is 12.7. The lowest BCUT2D eigenvalue weighted by atomic mass is 10.1. The van der Waals surface area contributed by atoms with Gasteiger partial charge >= 0.3 is 6.18 Å². The number of carbonyl (C=O) groups is 1. The van der Waals surface area contributed by atoms with Crippen molar-refractivity contribution >= 4 is 11.6 Å². The summed E-state index contributed by atoms with van der Waals surface area (Å²) < 4.78 is 49.0. The fourth-order valence-corrected chi connectivity index (χ4v) is 3.34. The summed E-state index contributed by atoms with van der Waals surface area (Å²) in [7, 11) is 0. The van der Waals surface area contributed by atoms with Crippen molar-refractivity contribution in [2.75, 3.05) is 18.1 Å². The number of anilines is 1. The first kappa shape index (κ1) is 19.9. The summed E-state index contributed by atoms with van der Waals surface area (Å²) in [6.45, 7) is 2.72. The number of hydrogen-bond donors (Lipinski definition) is 0.